The predicted octanol–water partition coefficient (Wildman–Crippen LogP) is 1.11. The summed E-state index contributed by atoms with van der Waals surface area (Å²) < 4.78 is 9.36. The van der Waals surface area contributed by atoms with Gasteiger partial charge in [0.1, 0.15) is 6.61 Å². The van der Waals surface area contributed by atoms with E-state index in [1.54, 1.807) is 30.3 Å². The lowest BCUT2D eigenvalue weighted by Crippen LogP contribution is -2.27. The van der Waals surface area contributed by atoms with E-state index in [-0.39, 0.29) is 18.8 Å². The molecule has 0 unspecified atom stereocenters. The van der Waals surface area contributed by atoms with Crippen LogP contribution in [0.5, 0.6) is 0 Å². The molecule has 0 radical (unpaired) electrons. The normalized spacial score (nSPS) is 13.6. The first-order chi connectivity index (χ1) is 9.10. The van der Waals surface area contributed by atoms with Crippen molar-refractivity contribution in [3.05, 3.63) is 35.9 Å². The molecule has 19 heavy (non-hydrogen) atoms. The fourth-order valence-corrected chi connectivity index (χ4v) is 1.82. The zero-order valence-corrected chi connectivity index (χ0v) is 11.0. The Hall–Kier alpha value is -1.72. The minimum atomic E-state index is -1.07. The highest BCUT2D eigenvalue weighted by atomic mass is 16.5. The van der Waals surface area contributed by atoms with Gasteiger partial charge in [0.2, 0.25) is 0 Å². The molecular weight excluding hydrogens is 248 g/mol. The number of aliphatic hydroxyl groups excluding tert-OH is 1. The number of ketones is 1. The van der Waals surface area contributed by atoms with Gasteiger partial charge < -0.3 is 14.6 Å². The number of carbonyl (C=O) groups is 2. The average molecular weight is 266 g/mol. The average Bonchev–Trinajstić information content (AvgIpc) is 2.44. The van der Waals surface area contributed by atoms with Crippen LogP contribution < -0.4 is 0 Å². The maximum Gasteiger partial charge on any atom is 0.312 e. The van der Waals surface area contributed by atoms with Gasteiger partial charge >= 0.3 is 5.97 Å². The number of rotatable bonds is 7. The molecule has 2 atom stereocenters. The Morgan fingerprint density at radius 2 is 1.84 bits per heavy atom. The number of esters is 1. The van der Waals surface area contributed by atoms with Gasteiger partial charge in [-0.3, -0.25) is 9.59 Å². The summed E-state index contributed by atoms with van der Waals surface area (Å²) in [6.45, 7) is -0.0883. The van der Waals surface area contributed by atoms with E-state index in [1.807, 2.05) is 0 Å². The Morgan fingerprint density at radius 1 is 1.21 bits per heavy atom. The summed E-state index contributed by atoms with van der Waals surface area (Å²) in [5.41, 5.74) is 0.572. The first kappa shape index (κ1) is 15.3. The molecule has 0 amide bonds. The van der Waals surface area contributed by atoms with Gasteiger partial charge in [-0.1, -0.05) is 30.3 Å². The molecule has 104 valence electrons. The Labute approximate surface area is 112 Å². The summed E-state index contributed by atoms with van der Waals surface area (Å²) in [6.07, 6.45) is -1.19. The molecule has 1 rings (SSSR count). The summed E-state index contributed by atoms with van der Waals surface area (Å²) in [5.74, 6) is -1.79. The molecule has 0 heterocycles. The highest BCUT2D eigenvalue weighted by Crippen LogP contribution is 2.26. The Balaban J connectivity index is 2.85. The van der Waals surface area contributed by atoms with E-state index in [9.17, 15) is 14.7 Å². The third kappa shape index (κ3) is 4.46. The van der Waals surface area contributed by atoms with Crippen LogP contribution >= 0.6 is 0 Å². The third-order valence-electron chi connectivity index (χ3n) is 2.78. The second kappa shape index (κ2) is 7.66. The lowest BCUT2D eigenvalue weighted by Gasteiger charge is -2.20. The van der Waals surface area contributed by atoms with E-state index in [1.165, 1.54) is 14.2 Å². The quantitative estimate of drug-likeness (QED) is 0.748. The van der Waals surface area contributed by atoms with Gasteiger partial charge in [0.05, 0.1) is 19.1 Å². The van der Waals surface area contributed by atoms with Crippen LogP contribution in [0.3, 0.4) is 0 Å². The molecule has 0 saturated heterocycles. The zero-order valence-electron chi connectivity index (χ0n) is 11.0. The molecule has 0 aliphatic heterocycles. The first-order valence-corrected chi connectivity index (χ1v) is 5.91. The van der Waals surface area contributed by atoms with E-state index < -0.39 is 18.0 Å². The van der Waals surface area contributed by atoms with Crippen molar-refractivity contribution in [3.8, 4) is 0 Å². The van der Waals surface area contributed by atoms with Gasteiger partial charge in [0.15, 0.2) is 5.78 Å². The molecule has 1 N–H and O–H groups in total. The Kier molecular flexibility index (Phi) is 6.18. The molecule has 0 bridgehead atoms. The minimum absolute atomic E-state index is 0.0883. The predicted molar refractivity (Wildman–Crippen MR) is 68.4 cm³/mol. The van der Waals surface area contributed by atoms with Crippen molar-refractivity contribution < 1.29 is 24.2 Å². The highest BCUT2D eigenvalue weighted by molar-refractivity contribution is 5.85. The SMILES string of the molecule is COCC(=O)C[C@H](C(=O)OC)[C@@H](O)c1ccccc1. The number of carbonyl (C=O) groups excluding carboxylic acids is 2. The van der Waals surface area contributed by atoms with Crippen LogP contribution in [0.1, 0.15) is 18.1 Å². The Bertz CT molecular complexity index is 415. The molecule has 0 aliphatic carbocycles. The number of ether oxygens (including phenoxy) is 2. The van der Waals surface area contributed by atoms with Crippen molar-refractivity contribution in [2.45, 2.75) is 12.5 Å². The van der Waals surface area contributed by atoms with Crippen LogP contribution in [0, 0.1) is 5.92 Å². The molecule has 0 spiro atoms. The van der Waals surface area contributed by atoms with Gasteiger partial charge in [-0.05, 0) is 5.56 Å². The molecular formula is C14H18O5. The maximum atomic E-state index is 11.7. The van der Waals surface area contributed by atoms with E-state index in [0.29, 0.717) is 5.56 Å². The van der Waals surface area contributed by atoms with Gasteiger partial charge in [0, 0.05) is 13.5 Å². The highest BCUT2D eigenvalue weighted by Gasteiger charge is 2.30. The summed E-state index contributed by atoms with van der Waals surface area (Å²) in [4.78, 5) is 23.3. The number of methoxy groups -OCH3 is 2. The fraction of sp³-hybridized carbons (Fsp3) is 0.429. The van der Waals surface area contributed by atoms with Crippen LogP contribution in [0.15, 0.2) is 30.3 Å². The number of benzene rings is 1. The minimum Gasteiger partial charge on any atom is -0.469 e. The van der Waals surface area contributed by atoms with Crippen LogP contribution in [0.4, 0.5) is 0 Å². The second-order valence-electron chi connectivity index (χ2n) is 4.16. The van der Waals surface area contributed by atoms with Crippen molar-refractivity contribution >= 4 is 11.8 Å². The van der Waals surface area contributed by atoms with E-state index >= 15 is 0 Å². The largest absolute Gasteiger partial charge is 0.469 e. The fourth-order valence-electron chi connectivity index (χ4n) is 1.82. The van der Waals surface area contributed by atoms with Crippen LogP contribution in [-0.4, -0.2) is 37.7 Å². The van der Waals surface area contributed by atoms with E-state index in [0.717, 1.165) is 0 Å². The summed E-state index contributed by atoms with van der Waals surface area (Å²) >= 11 is 0. The van der Waals surface area contributed by atoms with Gasteiger partial charge in [-0.2, -0.15) is 0 Å². The topological polar surface area (TPSA) is 72.8 Å². The van der Waals surface area contributed by atoms with Crippen molar-refractivity contribution in [2.24, 2.45) is 5.92 Å². The van der Waals surface area contributed by atoms with Gasteiger partial charge in [-0.15, -0.1) is 0 Å². The molecule has 0 fully saturated rings. The lowest BCUT2D eigenvalue weighted by atomic mass is 9.91. The standard InChI is InChI=1S/C14H18O5/c1-18-9-11(15)8-12(14(17)19-2)13(16)10-6-4-3-5-7-10/h3-7,12-13,16H,8-9H2,1-2H3/t12-,13-/m0/s1. The second-order valence-corrected chi connectivity index (χ2v) is 4.16. The molecule has 0 saturated carbocycles. The maximum absolute atomic E-state index is 11.7. The number of Topliss-reactive ketones (excluding diaryl/α,β-unsaturated/α-hetero) is 1. The van der Waals surface area contributed by atoms with Crippen molar-refractivity contribution in [1.29, 1.82) is 0 Å². The van der Waals surface area contributed by atoms with E-state index in [4.69, 9.17) is 4.74 Å². The summed E-state index contributed by atoms with van der Waals surface area (Å²) in [7, 11) is 2.63. The monoisotopic (exact) mass is 266 g/mol. The molecule has 5 heteroatoms. The molecule has 0 aromatic heterocycles. The summed E-state index contributed by atoms with van der Waals surface area (Å²) in [6, 6.07) is 8.70. The van der Waals surface area contributed by atoms with Crippen LogP contribution in [0.25, 0.3) is 0 Å². The molecule has 1 aromatic rings. The number of hydrogen-bond donors (Lipinski definition) is 1. The first-order valence-electron chi connectivity index (χ1n) is 5.91. The lowest BCUT2D eigenvalue weighted by molar-refractivity contribution is -0.152. The van der Waals surface area contributed by atoms with Crippen LogP contribution in [0.2, 0.25) is 0 Å². The smallest absolute Gasteiger partial charge is 0.312 e. The number of aliphatic hydroxyl groups is 1. The van der Waals surface area contributed by atoms with Crippen molar-refractivity contribution in [2.75, 3.05) is 20.8 Å². The van der Waals surface area contributed by atoms with E-state index in [2.05, 4.69) is 4.74 Å². The number of hydrogen-bond acceptors (Lipinski definition) is 5. The van der Waals surface area contributed by atoms with Gasteiger partial charge in [0.25, 0.3) is 0 Å². The molecule has 1 aromatic carbocycles. The summed E-state index contributed by atoms with van der Waals surface area (Å²) in [5, 5.41) is 10.2. The zero-order chi connectivity index (χ0) is 14.3. The van der Waals surface area contributed by atoms with Gasteiger partial charge in [-0.25, -0.2) is 0 Å². The van der Waals surface area contributed by atoms with Crippen molar-refractivity contribution in [3.63, 3.8) is 0 Å². The van der Waals surface area contributed by atoms with Crippen LogP contribution in [-0.2, 0) is 19.1 Å². The third-order valence-corrected chi connectivity index (χ3v) is 2.78. The van der Waals surface area contributed by atoms with Crippen molar-refractivity contribution in [1.82, 2.24) is 0 Å². The molecule has 5 nitrogen and oxygen atoms in total. The molecule has 0 aliphatic rings. The Morgan fingerprint density at radius 3 is 2.37 bits per heavy atom.